The molecule has 0 fully saturated rings. The molecule has 0 aliphatic carbocycles. The number of sulfonamides is 1. The summed E-state index contributed by atoms with van der Waals surface area (Å²) in [6.45, 7) is 4.47. The van der Waals surface area contributed by atoms with Gasteiger partial charge >= 0.3 is 0 Å². The van der Waals surface area contributed by atoms with Crippen molar-refractivity contribution >= 4 is 43.2 Å². The predicted molar refractivity (Wildman–Crippen MR) is 79.7 cm³/mol. The van der Waals surface area contributed by atoms with Crippen molar-refractivity contribution in [1.82, 2.24) is 5.32 Å². The highest BCUT2D eigenvalue weighted by Crippen LogP contribution is 2.32. The van der Waals surface area contributed by atoms with Crippen LogP contribution in [0.5, 0.6) is 0 Å². The molecule has 8 heteroatoms. The number of hydrogen-bond acceptors (Lipinski definition) is 3. The molecule has 0 aliphatic rings. The lowest BCUT2D eigenvalue weighted by Gasteiger charge is -2.16. The van der Waals surface area contributed by atoms with E-state index in [-0.39, 0.29) is 15.2 Å². The molecule has 0 saturated carbocycles. The van der Waals surface area contributed by atoms with Gasteiger partial charge in [0.25, 0.3) is 0 Å². The lowest BCUT2D eigenvalue weighted by Crippen LogP contribution is -2.34. The Hall–Kier alpha value is -0.370. The zero-order chi connectivity index (χ0) is 14.6. The van der Waals surface area contributed by atoms with Gasteiger partial charge < -0.3 is 5.32 Å². The van der Waals surface area contributed by atoms with Gasteiger partial charge in [0, 0.05) is 11.0 Å². The Kier molecular flexibility index (Phi) is 6.04. The monoisotopic (exact) mass is 372 g/mol. The van der Waals surface area contributed by atoms with E-state index in [1.54, 1.807) is 6.92 Å². The molecule has 4 nitrogen and oxygen atoms in total. The highest BCUT2D eigenvalue weighted by Gasteiger charge is 2.22. The lowest BCUT2D eigenvalue weighted by molar-refractivity contribution is 0.579. The summed E-state index contributed by atoms with van der Waals surface area (Å²) in [5, 5.41) is 2.32. The molecule has 0 aromatic heterocycles. The Morgan fingerprint density at radius 1 is 1.47 bits per heavy atom. The van der Waals surface area contributed by atoms with Crippen molar-refractivity contribution in [1.29, 1.82) is 0 Å². The van der Waals surface area contributed by atoms with Crippen LogP contribution in [0, 0.1) is 5.82 Å². The fourth-order valence-corrected chi connectivity index (χ4v) is 3.47. The summed E-state index contributed by atoms with van der Waals surface area (Å²) in [6.07, 6.45) is 0. The SMILES string of the molecule is CCNCC(C)S(=O)(=O)Nc1c(Cl)cc(F)cc1Br. The van der Waals surface area contributed by atoms with Gasteiger partial charge in [0.05, 0.1) is 16.0 Å². The van der Waals surface area contributed by atoms with Gasteiger partial charge in [0.1, 0.15) is 5.82 Å². The maximum absolute atomic E-state index is 13.1. The minimum atomic E-state index is -3.59. The van der Waals surface area contributed by atoms with Crippen LogP contribution in [-0.2, 0) is 10.0 Å². The van der Waals surface area contributed by atoms with Crippen LogP contribution in [0.25, 0.3) is 0 Å². The summed E-state index contributed by atoms with van der Waals surface area (Å²) in [5.74, 6) is -0.541. The zero-order valence-corrected chi connectivity index (χ0v) is 13.7. The van der Waals surface area contributed by atoms with Crippen molar-refractivity contribution in [2.45, 2.75) is 19.1 Å². The van der Waals surface area contributed by atoms with Gasteiger partial charge in [-0.05, 0) is 41.5 Å². The van der Waals surface area contributed by atoms with E-state index >= 15 is 0 Å². The summed E-state index contributed by atoms with van der Waals surface area (Å²) >= 11 is 8.92. The van der Waals surface area contributed by atoms with Crippen molar-refractivity contribution in [3.63, 3.8) is 0 Å². The number of halogens is 3. The van der Waals surface area contributed by atoms with Crippen molar-refractivity contribution in [2.24, 2.45) is 0 Å². The molecule has 1 aromatic rings. The van der Waals surface area contributed by atoms with Gasteiger partial charge in [-0.15, -0.1) is 0 Å². The first kappa shape index (κ1) is 16.7. The minimum Gasteiger partial charge on any atom is -0.316 e. The van der Waals surface area contributed by atoms with Crippen LogP contribution in [0.1, 0.15) is 13.8 Å². The van der Waals surface area contributed by atoms with Gasteiger partial charge in [0.15, 0.2) is 0 Å². The highest BCUT2D eigenvalue weighted by atomic mass is 79.9. The molecule has 0 aliphatic heterocycles. The first-order chi connectivity index (χ1) is 8.77. The van der Waals surface area contributed by atoms with E-state index < -0.39 is 21.1 Å². The second kappa shape index (κ2) is 6.88. The minimum absolute atomic E-state index is 0.00565. The van der Waals surface area contributed by atoms with Crippen LogP contribution < -0.4 is 10.0 Å². The van der Waals surface area contributed by atoms with Crippen molar-refractivity contribution in [3.8, 4) is 0 Å². The van der Waals surface area contributed by atoms with Crippen LogP contribution in [0.2, 0.25) is 5.02 Å². The highest BCUT2D eigenvalue weighted by molar-refractivity contribution is 9.10. The molecule has 0 heterocycles. The molecule has 0 radical (unpaired) electrons. The van der Waals surface area contributed by atoms with Gasteiger partial charge in [-0.25, -0.2) is 12.8 Å². The number of benzene rings is 1. The third-order valence-electron chi connectivity index (χ3n) is 2.46. The Morgan fingerprint density at radius 2 is 2.11 bits per heavy atom. The fourth-order valence-electron chi connectivity index (χ4n) is 1.34. The molecular formula is C11H15BrClFN2O2S. The van der Waals surface area contributed by atoms with E-state index in [0.717, 1.165) is 12.1 Å². The molecular weight excluding hydrogens is 359 g/mol. The quantitative estimate of drug-likeness (QED) is 0.806. The zero-order valence-electron chi connectivity index (χ0n) is 10.5. The molecule has 108 valence electrons. The molecule has 0 bridgehead atoms. The average Bonchev–Trinajstić information content (AvgIpc) is 2.30. The second-order valence-corrected chi connectivity index (χ2v) is 7.37. The fraction of sp³-hybridized carbons (Fsp3) is 0.455. The Labute approximate surface area is 125 Å². The van der Waals surface area contributed by atoms with Crippen LogP contribution in [0.3, 0.4) is 0 Å². The van der Waals surface area contributed by atoms with Crippen LogP contribution in [-0.4, -0.2) is 26.8 Å². The lowest BCUT2D eigenvalue weighted by atomic mass is 10.3. The van der Waals surface area contributed by atoms with Gasteiger partial charge in [0.2, 0.25) is 10.0 Å². The summed E-state index contributed by atoms with van der Waals surface area (Å²) < 4.78 is 39.8. The van der Waals surface area contributed by atoms with Crippen molar-refractivity contribution in [3.05, 3.63) is 27.4 Å². The van der Waals surface area contributed by atoms with E-state index in [0.29, 0.717) is 13.1 Å². The number of rotatable bonds is 6. The summed E-state index contributed by atoms with van der Waals surface area (Å²) in [5.41, 5.74) is 0.145. The van der Waals surface area contributed by atoms with Crippen LogP contribution in [0.4, 0.5) is 10.1 Å². The third kappa shape index (κ3) is 4.59. The third-order valence-corrected chi connectivity index (χ3v) is 5.10. The molecule has 1 rings (SSSR count). The molecule has 0 saturated heterocycles. The van der Waals surface area contributed by atoms with Crippen LogP contribution in [0.15, 0.2) is 16.6 Å². The normalized spacial score (nSPS) is 13.3. The molecule has 0 amide bonds. The molecule has 1 unspecified atom stereocenters. The first-order valence-electron chi connectivity index (χ1n) is 5.64. The van der Waals surface area contributed by atoms with E-state index in [2.05, 4.69) is 26.0 Å². The van der Waals surface area contributed by atoms with Crippen molar-refractivity contribution in [2.75, 3.05) is 17.8 Å². The number of anilines is 1. The van der Waals surface area contributed by atoms with E-state index in [1.807, 2.05) is 6.92 Å². The molecule has 0 spiro atoms. The van der Waals surface area contributed by atoms with Gasteiger partial charge in [-0.3, -0.25) is 4.72 Å². The van der Waals surface area contributed by atoms with Crippen LogP contribution >= 0.6 is 27.5 Å². The van der Waals surface area contributed by atoms with E-state index in [1.165, 1.54) is 0 Å². The average molecular weight is 374 g/mol. The smallest absolute Gasteiger partial charge is 0.236 e. The second-order valence-electron chi connectivity index (χ2n) is 4.01. The molecule has 1 atom stereocenters. The standard InChI is InChI=1S/C11H15BrClFN2O2S/c1-3-15-6-7(2)19(17,18)16-11-9(12)4-8(14)5-10(11)13/h4-5,7,15-16H,3,6H2,1-2H3. The maximum Gasteiger partial charge on any atom is 0.236 e. The van der Waals surface area contributed by atoms with Gasteiger partial charge in [-0.1, -0.05) is 18.5 Å². The number of hydrogen-bond donors (Lipinski definition) is 2. The topological polar surface area (TPSA) is 58.2 Å². The summed E-state index contributed by atoms with van der Waals surface area (Å²) in [4.78, 5) is 0. The van der Waals surface area contributed by atoms with E-state index in [4.69, 9.17) is 11.6 Å². The first-order valence-corrected chi connectivity index (χ1v) is 8.36. The summed E-state index contributed by atoms with van der Waals surface area (Å²) in [7, 11) is -3.59. The Bertz CT molecular complexity index is 531. The maximum atomic E-state index is 13.1. The Morgan fingerprint density at radius 3 is 2.63 bits per heavy atom. The predicted octanol–water partition coefficient (Wildman–Crippen LogP) is 2.98. The van der Waals surface area contributed by atoms with Gasteiger partial charge in [-0.2, -0.15) is 0 Å². The van der Waals surface area contributed by atoms with Crippen molar-refractivity contribution < 1.29 is 12.8 Å². The number of nitrogens with one attached hydrogen (secondary N) is 2. The molecule has 2 N–H and O–H groups in total. The molecule has 1 aromatic carbocycles. The largest absolute Gasteiger partial charge is 0.316 e. The molecule has 19 heavy (non-hydrogen) atoms. The summed E-state index contributed by atoms with van der Waals surface area (Å²) in [6, 6.07) is 2.21. The van der Waals surface area contributed by atoms with E-state index in [9.17, 15) is 12.8 Å². The Balaban J connectivity index is 2.96.